The van der Waals surface area contributed by atoms with E-state index in [0.29, 0.717) is 28.5 Å². The zero-order valence-corrected chi connectivity index (χ0v) is 15.6. The van der Waals surface area contributed by atoms with Crippen LogP contribution in [0.2, 0.25) is 5.02 Å². The second kappa shape index (κ2) is 6.40. The summed E-state index contributed by atoms with van der Waals surface area (Å²) in [5.41, 5.74) is 1.48. The third-order valence-electron chi connectivity index (χ3n) is 4.72. The van der Waals surface area contributed by atoms with Gasteiger partial charge in [-0.1, -0.05) is 23.7 Å². The van der Waals surface area contributed by atoms with Crippen molar-refractivity contribution in [1.29, 1.82) is 0 Å². The number of halogens is 1. The summed E-state index contributed by atoms with van der Waals surface area (Å²) in [6.07, 6.45) is 1.79. The molecular formula is C18H18ClN5O3. The molecule has 0 aliphatic carbocycles. The van der Waals surface area contributed by atoms with Gasteiger partial charge in [-0.25, -0.2) is 4.79 Å². The third-order valence-corrected chi connectivity index (χ3v) is 4.97. The van der Waals surface area contributed by atoms with E-state index in [2.05, 4.69) is 4.98 Å². The molecular weight excluding hydrogens is 370 g/mol. The predicted molar refractivity (Wildman–Crippen MR) is 103 cm³/mol. The lowest BCUT2D eigenvalue weighted by atomic mass is 10.2. The van der Waals surface area contributed by atoms with E-state index in [9.17, 15) is 14.7 Å². The minimum absolute atomic E-state index is 0.0475. The van der Waals surface area contributed by atoms with Gasteiger partial charge in [0.2, 0.25) is 5.78 Å². The summed E-state index contributed by atoms with van der Waals surface area (Å²) in [4.78, 5) is 30.4. The van der Waals surface area contributed by atoms with Crippen molar-refractivity contribution in [1.82, 2.24) is 23.1 Å². The van der Waals surface area contributed by atoms with Crippen molar-refractivity contribution in [2.24, 2.45) is 7.05 Å². The first kappa shape index (κ1) is 17.6. The van der Waals surface area contributed by atoms with Crippen molar-refractivity contribution >= 4 is 28.5 Å². The predicted octanol–water partition coefficient (Wildman–Crippen LogP) is 1.15. The molecule has 0 aliphatic rings. The zero-order chi connectivity index (χ0) is 19.3. The van der Waals surface area contributed by atoms with Gasteiger partial charge in [0.05, 0.1) is 13.2 Å². The smallest absolute Gasteiger partial charge is 0.332 e. The normalized spacial score (nSPS) is 11.7. The highest BCUT2D eigenvalue weighted by molar-refractivity contribution is 6.30. The molecule has 4 aromatic rings. The molecule has 4 rings (SSSR count). The summed E-state index contributed by atoms with van der Waals surface area (Å²) in [6, 6.07) is 7.01. The van der Waals surface area contributed by atoms with Crippen molar-refractivity contribution < 1.29 is 5.11 Å². The zero-order valence-electron chi connectivity index (χ0n) is 14.9. The van der Waals surface area contributed by atoms with E-state index < -0.39 is 11.2 Å². The Bertz CT molecular complexity index is 1280. The molecule has 0 amide bonds. The summed E-state index contributed by atoms with van der Waals surface area (Å²) in [5.74, 6) is 0.521. The van der Waals surface area contributed by atoms with Crippen LogP contribution in [0.15, 0.2) is 40.1 Å². The lowest BCUT2D eigenvalue weighted by Gasteiger charge is -2.08. The van der Waals surface area contributed by atoms with Crippen LogP contribution in [0.4, 0.5) is 0 Å². The van der Waals surface area contributed by atoms with Gasteiger partial charge in [-0.2, -0.15) is 4.98 Å². The molecule has 0 unspecified atom stereocenters. The Morgan fingerprint density at radius 3 is 2.52 bits per heavy atom. The first-order valence-corrected chi connectivity index (χ1v) is 8.83. The largest absolute Gasteiger partial charge is 0.395 e. The van der Waals surface area contributed by atoms with Gasteiger partial charge in [0, 0.05) is 30.5 Å². The summed E-state index contributed by atoms with van der Waals surface area (Å²) in [6.45, 7) is 2.33. The van der Waals surface area contributed by atoms with Crippen LogP contribution >= 0.6 is 11.6 Å². The lowest BCUT2D eigenvalue weighted by molar-refractivity contribution is 0.276. The molecule has 0 spiro atoms. The highest BCUT2D eigenvalue weighted by Gasteiger charge is 2.20. The van der Waals surface area contributed by atoms with Crippen LogP contribution in [0.5, 0.6) is 0 Å². The number of nitrogens with zero attached hydrogens (tertiary/aromatic N) is 5. The minimum atomic E-state index is -0.436. The van der Waals surface area contributed by atoms with E-state index in [1.165, 1.54) is 9.13 Å². The Morgan fingerprint density at radius 1 is 1.15 bits per heavy atom. The van der Waals surface area contributed by atoms with Crippen LogP contribution in [-0.4, -0.2) is 34.8 Å². The fourth-order valence-electron chi connectivity index (χ4n) is 3.34. The minimum Gasteiger partial charge on any atom is -0.395 e. The van der Waals surface area contributed by atoms with E-state index >= 15 is 0 Å². The molecule has 0 fully saturated rings. The monoisotopic (exact) mass is 387 g/mol. The maximum atomic E-state index is 13.1. The molecule has 3 heterocycles. The van der Waals surface area contributed by atoms with Gasteiger partial charge >= 0.3 is 5.69 Å². The first-order valence-electron chi connectivity index (χ1n) is 8.45. The molecule has 140 valence electrons. The molecule has 1 N–H and O–H groups in total. The van der Waals surface area contributed by atoms with Crippen LogP contribution in [0.25, 0.3) is 16.9 Å². The van der Waals surface area contributed by atoms with Crippen molar-refractivity contribution in [3.63, 3.8) is 0 Å². The molecule has 8 nitrogen and oxygen atoms in total. The van der Waals surface area contributed by atoms with E-state index in [1.807, 2.05) is 11.5 Å². The fourth-order valence-corrected chi connectivity index (χ4v) is 3.47. The van der Waals surface area contributed by atoms with Gasteiger partial charge in [0.15, 0.2) is 11.2 Å². The van der Waals surface area contributed by atoms with Gasteiger partial charge in [0.1, 0.15) is 0 Å². The molecule has 0 bridgehead atoms. The highest BCUT2D eigenvalue weighted by Crippen LogP contribution is 2.16. The van der Waals surface area contributed by atoms with Crippen LogP contribution in [0.1, 0.15) is 11.3 Å². The Morgan fingerprint density at radius 2 is 1.85 bits per heavy atom. The topological polar surface area (TPSA) is 86.5 Å². The number of aliphatic hydroxyl groups excluding tert-OH is 1. The number of aromatic nitrogens is 5. The molecule has 9 heteroatoms. The number of benzene rings is 1. The summed E-state index contributed by atoms with van der Waals surface area (Å²) in [5, 5.41) is 9.88. The van der Waals surface area contributed by atoms with Crippen LogP contribution in [0.3, 0.4) is 0 Å². The summed E-state index contributed by atoms with van der Waals surface area (Å²) < 4.78 is 6.06. The van der Waals surface area contributed by atoms with Gasteiger partial charge in [-0.05, 0) is 24.6 Å². The van der Waals surface area contributed by atoms with Crippen LogP contribution < -0.4 is 11.2 Å². The summed E-state index contributed by atoms with van der Waals surface area (Å²) >= 11 is 5.91. The molecule has 0 atom stereocenters. The average molecular weight is 388 g/mol. The second-order valence-electron chi connectivity index (χ2n) is 6.46. The number of imidazole rings is 2. The van der Waals surface area contributed by atoms with Gasteiger partial charge in [-0.3, -0.25) is 18.3 Å². The molecule has 0 radical (unpaired) electrons. The quantitative estimate of drug-likeness (QED) is 0.569. The maximum absolute atomic E-state index is 13.1. The van der Waals surface area contributed by atoms with Gasteiger partial charge in [-0.15, -0.1) is 0 Å². The molecule has 0 aliphatic heterocycles. The maximum Gasteiger partial charge on any atom is 0.332 e. The fraction of sp³-hybridized carbons (Fsp3) is 0.278. The van der Waals surface area contributed by atoms with Crippen molar-refractivity contribution in [3.8, 4) is 0 Å². The average Bonchev–Trinajstić information content (AvgIpc) is 3.15. The Labute approximate surface area is 158 Å². The van der Waals surface area contributed by atoms with E-state index in [4.69, 9.17) is 11.6 Å². The molecule has 1 aromatic carbocycles. The number of aryl methyl sites for hydroxylation is 2. The number of hydrogen-bond acceptors (Lipinski definition) is 4. The van der Waals surface area contributed by atoms with Crippen molar-refractivity contribution in [3.05, 3.63) is 67.6 Å². The van der Waals surface area contributed by atoms with Crippen molar-refractivity contribution in [2.75, 3.05) is 6.61 Å². The molecule has 27 heavy (non-hydrogen) atoms. The van der Waals surface area contributed by atoms with E-state index in [1.54, 1.807) is 41.9 Å². The van der Waals surface area contributed by atoms with Gasteiger partial charge in [0.25, 0.3) is 5.56 Å². The molecule has 0 saturated carbocycles. The van der Waals surface area contributed by atoms with Crippen LogP contribution in [-0.2, 0) is 20.1 Å². The van der Waals surface area contributed by atoms with Gasteiger partial charge < -0.3 is 9.67 Å². The summed E-state index contributed by atoms with van der Waals surface area (Å²) in [7, 11) is 1.60. The highest BCUT2D eigenvalue weighted by atomic mass is 35.5. The number of rotatable bonds is 4. The van der Waals surface area contributed by atoms with Crippen molar-refractivity contribution in [2.45, 2.75) is 20.0 Å². The van der Waals surface area contributed by atoms with Crippen LogP contribution in [0, 0.1) is 6.92 Å². The first-order chi connectivity index (χ1) is 12.9. The SMILES string of the molecule is Cc1cn2c3c(=O)n(Cc4ccc(Cl)cc4)c(=O)n(C)c3nc2n1CCO. The molecule has 0 saturated heterocycles. The second-order valence-corrected chi connectivity index (χ2v) is 6.90. The third kappa shape index (κ3) is 2.68. The Hall–Kier alpha value is -2.84. The number of fused-ring (bicyclic) bond motifs is 3. The lowest BCUT2D eigenvalue weighted by Crippen LogP contribution is -2.39. The number of aliphatic hydroxyl groups is 1. The standard InChI is InChI=1S/C18H18ClN5O3/c1-11-9-23-14-15(20-17(23)22(11)7-8-25)21(2)18(27)24(16(14)26)10-12-3-5-13(19)6-4-12/h3-6,9,25H,7-8,10H2,1-2H3. The number of hydrogen-bond donors (Lipinski definition) is 1. The van der Waals surface area contributed by atoms with E-state index in [0.717, 1.165) is 11.3 Å². The Kier molecular flexibility index (Phi) is 4.16. The molecule has 3 aromatic heterocycles. The van der Waals surface area contributed by atoms with E-state index in [-0.39, 0.29) is 13.2 Å². The Balaban J connectivity index is 1.99.